The van der Waals surface area contributed by atoms with Crippen molar-refractivity contribution in [2.45, 2.75) is 122 Å². The molecule has 1 aliphatic carbocycles. The van der Waals surface area contributed by atoms with Crippen LogP contribution in [0.1, 0.15) is 96.2 Å². The molecule has 5 N–H and O–H groups in total. The number of morpholine rings is 1. The Morgan fingerprint density at radius 3 is 2.36 bits per heavy atom. The van der Waals surface area contributed by atoms with Gasteiger partial charge in [0.15, 0.2) is 0 Å². The minimum absolute atomic E-state index is 0.0204. The van der Waals surface area contributed by atoms with Gasteiger partial charge in [0.25, 0.3) is 0 Å². The Balaban J connectivity index is 1.56. The van der Waals surface area contributed by atoms with Crippen LogP contribution in [0.15, 0.2) is 41.2 Å². The Morgan fingerprint density at radius 1 is 1.00 bits per heavy atom. The summed E-state index contributed by atoms with van der Waals surface area (Å²) in [5.74, 6) is -2.74. The first-order chi connectivity index (χ1) is 25.4. The Kier molecular flexibility index (Phi) is 17.2. The zero-order valence-electron chi connectivity index (χ0n) is 31.8. The number of carbonyl (C=O) groups excluding carboxylic acids is 4. The number of hydrogen-bond donors (Lipinski definition) is 5. The van der Waals surface area contributed by atoms with Crippen LogP contribution in [0.25, 0.3) is 0 Å². The maximum atomic E-state index is 14.3. The van der Waals surface area contributed by atoms with Crippen LogP contribution in [0.3, 0.4) is 0 Å². The van der Waals surface area contributed by atoms with Crippen LogP contribution in [0.2, 0.25) is 0 Å². The minimum atomic E-state index is -1.41. The quantitative estimate of drug-likeness (QED) is 0.127. The molecule has 0 radical (unpaired) electrons. The summed E-state index contributed by atoms with van der Waals surface area (Å²) in [6.07, 6.45) is 6.67. The number of carbonyl (C=O) groups is 4. The van der Waals surface area contributed by atoms with E-state index in [1.165, 1.54) is 11.3 Å². The van der Waals surface area contributed by atoms with Crippen LogP contribution < -0.4 is 16.0 Å². The number of nitrogens with one attached hydrogen (secondary N) is 3. The fourth-order valence-corrected chi connectivity index (χ4v) is 7.94. The summed E-state index contributed by atoms with van der Waals surface area (Å²) in [4.78, 5) is 61.2. The molecule has 1 aromatic heterocycles. The normalized spacial score (nSPS) is 18.3. The van der Waals surface area contributed by atoms with E-state index in [0.717, 1.165) is 50.5 Å². The third kappa shape index (κ3) is 14.1. The molecule has 1 saturated heterocycles. The Hall–Kier alpha value is -3.39. The van der Waals surface area contributed by atoms with Gasteiger partial charge in [0.05, 0.1) is 54.0 Å². The predicted octanol–water partition coefficient (Wildman–Crippen LogP) is 3.79. The largest absolute Gasteiger partial charge is 0.391 e. The van der Waals surface area contributed by atoms with Crippen molar-refractivity contribution in [1.82, 2.24) is 25.8 Å². The van der Waals surface area contributed by atoms with Gasteiger partial charge in [-0.25, -0.2) is 4.98 Å². The molecule has 5 atom stereocenters. The molecule has 1 aliphatic heterocycles. The average Bonchev–Trinajstić information content (AvgIpc) is 3.67. The van der Waals surface area contributed by atoms with E-state index in [2.05, 4.69) is 20.9 Å². The summed E-state index contributed by atoms with van der Waals surface area (Å²) in [6.45, 7) is 7.46. The van der Waals surface area contributed by atoms with E-state index in [-0.39, 0.29) is 37.0 Å². The molecule has 0 bridgehead atoms. The summed E-state index contributed by atoms with van der Waals surface area (Å²) in [5.41, 5.74) is 1.79. The predicted molar refractivity (Wildman–Crippen MR) is 205 cm³/mol. The van der Waals surface area contributed by atoms with E-state index >= 15 is 0 Å². The molecule has 4 amide bonds. The average molecular weight is 756 g/mol. The van der Waals surface area contributed by atoms with Gasteiger partial charge in [0.2, 0.25) is 23.6 Å². The number of rotatable bonds is 20. The molecule has 2 aromatic rings. The van der Waals surface area contributed by atoms with Crippen molar-refractivity contribution >= 4 is 35.0 Å². The molecular formula is C40H61N5O7S. The molecule has 0 unspecified atom stereocenters. The highest BCUT2D eigenvalue weighted by Crippen LogP contribution is 2.30. The zero-order valence-corrected chi connectivity index (χ0v) is 32.6. The highest BCUT2D eigenvalue weighted by molar-refractivity contribution is 7.07. The fourth-order valence-electron chi connectivity index (χ4n) is 7.37. The summed E-state index contributed by atoms with van der Waals surface area (Å²) in [6, 6.07) is 7.75. The fraction of sp³-hybridized carbons (Fsp3) is 0.675. The van der Waals surface area contributed by atoms with E-state index in [1.54, 1.807) is 24.3 Å². The maximum absolute atomic E-state index is 14.3. The molecule has 294 valence electrons. The molecule has 4 rings (SSSR count). The smallest absolute Gasteiger partial charge is 0.243 e. The summed E-state index contributed by atoms with van der Waals surface area (Å²) in [7, 11) is 0. The second kappa shape index (κ2) is 21.5. The molecule has 2 aliphatic rings. The lowest BCUT2D eigenvalue weighted by Crippen LogP contribution is -2.56. The first kappa shape index (κ1) is 42.4. The molecular weight excluding hydrogens is 695 g/mol. The molecule has 2 fully saturated rings. The van der Waals surface area contributed by atoms with Crippen molar-refractivity contribution in [2.75, 3.05) is 32.8 Å². The topological polar surface area (TPSA) is 170 Å². The van der Waals surface area contributed by atoms with Crippen molar-refractivity contribution in [1.29, 1.82) is 0 Å². The number of unbranched alkanes of at least 4 members (excludes halogenated alkanes) is 1. The van der Waals surface area contributed by atoms with Crippen LogP contribution in [0, 0.1) is 17.8 Å². The number of benzene rings is 1. The van der Waals surface area contributed by atoms with Gasteiger partial charge in [-0.05, 0) is 51.0 Å². The molecule has 2 heterocycles. The number of ether oxygens (including phenoxy) is 1. The third-order valence-electron chi connectivity index (χ3n) is 10.6. The van der Waals surface area contributed by atoms with E-state index in [4.69, 9.17) is 4.74 Å². The van der Waals surface area contributed by atoms with E-state index in [1.807, 2.05) is 42.6 Å². The van der Waals surface area contributed by atoms with Crippen LogP contribution >= 0.6 is 11.3 Å². The monoisotopic (exact) mass is 755 g/mol. The zero-order chi connectivity index (χ0) is 38.2. The standard InChI is InChI=1S/C40H61N5O7S/c1-4-5-16-41-38(49)32(40(2,3)51)25-35(46)33(22-29-14-10-7-11-15-29)43-39(50)34(24-31-26-53-27-42-31)44-37(48)30(21-28-12-8-6-9-13-28)23-36(47)45-17-19-52-20-18-45/h6,8-9,12-13,26-27,29-30,32-35,46,51H,4-5,7,10-11,14-25H2,1-3H3,(H,41,49)(H,43,50)(H,44,48)/t30-,32-,33+,34+,35+/m1/s1. The molecule has 13 heteroatoms. The van der Waals surface area contributed by atoms with Crippen molar-refractivity contribution in [3.63, 3.8) is 0 Å². The molecule has 1 saturated carbocycles. The van der Waals surface area contributed by atoms with Gasteiger partial charge >= 0.3 is 0 Å². The number of hydrogen-bond acceptors (Lipinski definition) is 9. The number of amides is 4. The minimum Gasteiger partial charge on any atom is -0.391 e. The van der Waals surface area contributed by atoms with Gasteiger partial charge in [0, 0.05) is 37.9 Å². The Labute approximate surface area is 318 Å². The van der Waals surface area contributed by atoms with Crippen molar-refractivity contribution in [2.24, 2.45) is 17.8 Å². The van der Waals surface area contributed by atoms with Gasteiger partial charge in [-0.1, -0.05) is 75.8 Å². The number of nitrogens with zero attached hydrogens (tertiary/aromatic N) is 2. The number of aromatic nitrogens is 1. The van der Waals surface area contributed by atoms with Crippen LogP contribution in [0.4, 0.5) is 0 Å². The van der Waals surface area contributed by atoms with Gasteiger partial charge in [-0.2, -0.15) is 0 Å². The van der Waals surface area contributed by atoms with E-state index < -0.39 is 47.4 Å². The van der Waals surface area contributed by atoms with Gasteiger partial charge < -0.3 is 35.8 Å². The molecule has 12 nitrogen and oxygen atoms in total. The van der Waals surface area contributed by atoms with E-state index in [9.17, 15) is 29.4 Å². The second-order valence-electron chi connectivity index (χ2n) is 15.3. The van der Waals surface area contributed by atoms with Crippen molar-refractivity contribution in [3.8, 4) is 0 Å². The molecule has 53 heavy (non-hydrogen) atoms. The summed E-state index contributed by atoms with van der Waals surface area (Å²) < 4.78 is 5.42. The number of aliphatic hydroxyl groups excluding tert-OH is 1. The van der Waals surface area contributed by atoms with Crippen LogP contribution in [-0.2, 0) is 36.8 Å². The number of aliphatic hydroxyl groups is 2. The molecule has 1 aromatic carbocycles. The first-order valence-corrected chi connectivity index (χ1v) is 20.4. The third-order valence-corrected chi connectivity index (χ3v) is 11.2. The summed E-state index contributed by atoms with van der Waals surface area (Å²) in [5, 5.41) is 33.6. The second-order valence-corrected chi connectivity index (χ2v) is 16.1. The van der Waals surface area contributed by atoms with E-state index in [0.29, 0.717) is 51.4 Å². The summed E-state index contributed by atoms with van der Waals surface area (Å²) >= 11 is 1.39. The van der Waals surface area contributed by atoms with Crippen molar-refractivity contribution in [3.05, 3.63) is 52.5 Å². The van der Waals surface area contributed by atoms with Gasteiger partial charge in [-0.15, -0.1) is 11.3 Å². The highest BCUT2D eigenvalue weighted by atomic mass is 32.1. The lowest BCUT2D eigenvalue weighted by molar-refractivity contribution is -0.140. The highest BCUT2D eigenvalue weighted by Gasteiger charge is 2.39. The van der Waals surface area contributed by atoms with Crippen molar-refractivity contribution < 1.29 is 34.1 Å². The van der Waals surface area contributed by atoms with Crippen LogP contribution in [-0.4, -0.2) is 100 Å². The maximum Gasteiger partial charge on any atom is 0.243 e. The SMILES string of the molecule is CCCCNC(=O)[C@@H](C[C@H](O)[C@H](CC1CCCCC1)NC(=O)[C@H](Cc1cscn1)NC(=O)[C@@H](CC(=O)N1CCOCC1)Cc1ccccc1)C(C)(C)O. The Morgan fingerprint density at radius 2 is 1.72 bits per heavy atom. The van der Waals surface area contributed by atoms with Crippen LogP contribution in [0.5, 0.6) is 0 Å². The van der Waals surface area contributed by atoms with Gasteiger partial charge in [-0.3, -0.25) is 19.2 Å². The van der Waals surface area contributed by atoms with Gasteiger partial charge in [0.1, 0.15) is 6.04 Å². The number of thiazole rings is 1. The molecule has 0 spiro atoms. The Bertz CT molecular complexity index is 1410. The first-order valence-electron chi connectivity index (χ1n) is 19.5. The lowest BCUT2D eigenvalue weighted by atomic mass is 9.80. The lowest BCUT2D eigenvalue weighted by Gasteiger charge is -2.35.